The third kappa shape index (κ3) is 4.74. The highest BCUT2D eigenvalue weighted by atomic mass is 16.5. The third-order valence-corrected chi connectivity index (χ3v) is 5.29. The van der Waals surface area contributed by atoms with Gasteiger partial charge < -0.3 is 10.1 Å². The fourth-order valence-corrected chi connectivity index (χ4v) is 3.84. The van der Waals surface area contributed by atoms with Crippen LogP contribution in [0.5, 0.6) is 0 Å². The molecule has 32 heavy (non-hydrogen) atoms. The normalized spacial score (nSPS) is 12.0. The molecule has 170 valence electrons. The van der Waals surface area contributed by atoms with E-state index >= 15 is 0 Å². The number of fused-ring (bicyclic) bond motifs is 1. The Morgan fingerprint density at radius 1 is 1.09 bits per heavy atom. The first-order valence-electron chi connectivity index (χ1n) is 11.0. The molecule has 0 fully saturated rings. The van der Waals surface area contributed by atoms with Gasteiger partial charge in [0.2, 0.25) is 0 Å². The second-order valence-electron chi connectivity index (χ2n) is 7.95. The summed E-state index contributed by atoms with van der Waals surface area (Å²) >= 11 is 0. The third-order valence-electron chi connectivity index (χ3n) is 5.29. The van der Waals surface area contributed by atoms with Gasteiger partial charge in [-0.1, -0.05) is 26.3 Å². The lowest BCUT2D eigenvalue weighted by Gasteiger charge is -2.19. The number of ether oxygens (including phenoxy) is 1. The van der Waals surface area contributed by atoms with Crippen molar-refractivity contribution < 1.29 is 14.3 Å². The van der Waals surface area contributed by atoms with Crippen LogP contribution in [0.25, 0.3) is 11.2 Å². The van der Waals surface area contributed by atoms with E-state index in [1.54, 1.807) is 6.92 Å². The lowest BCUT2D eigenvalue weighted by molar-refractivity contribution is 0.0519. The number of nitrogens with zero attached hydrogens (tertiary/aromatic N) is 3. The fraction of sp³-hybridized carbons (Fsp3) is 0.417. The summed E-state index contributed by atoms with van der Waals surface area (Å²) in [5.74, 6) is -0.981. The van der Waals surface area contributed by atoms with Crippen molar-refractivity contribution in [1.29, 1.82) is 0 Å². The Hall–Kier alpha value is -3.42. The molecular weight excluding hydrogens is 408 g/mol. The average molecular weight is 439 g/mol. The van der Waals surface area contributed by atoms with Crippen LogP contribution in [0, 0.1) is 13.8 Å². The Kier molecular flexibility index (Phi) is 7.12. The molecule has 0 spiro atoms. The number of aromatic nitrogens is 3. The zero-order valence-corrected chi connectivity index (χ0v) is 19.3. The van der Waals surface area contributed by atoms with Gasteiger partial charge in [-0.05, 0) is 56.9 Å². The average Bonchev–Trinajstić information content (AvgIpc) is 3.17. The van der Waals surface area contributed by atoms with Gasteiger partial charge in [0.05, 0.1) is 18.5 Å². The molecule has 1 unspecified atom stereocenters. The topological polar surface area (TPSA) is 94.7 Å². The van der Waals surface area contributed by atoms with Crippen molar-refractivity contribution in [3.05, 3.63) is 63.3 Å². The predicted octanol–water partition coefficient (Wildman–Crippen LogP) is 3.59. The molecule has 8 nitrogen and oxygen atoms in total. The molecule has 0 aliphatic heterocycles. The number of hydrogen-bond donors (Lipinski definition) is 1. The summed E-state index contributed by atoms with van der Waals surface area (Å²) in [7, 11) is 0. The molecule has 1 amide bonds. The first-order chi connectivity index (χ1) is 15.3. The van der Waals surface area contributed by atoms with Gasteiger partial charge in [0.15, 0.2) is 5.69 Å². The van der Waals surface area contributed by atoms with E-state index in [-0.39, 0.29) is 35.5 Å². The molecule has 0 saturated heterocycles. The van der Waals surface area contributed by atoms with Crippen LogP contribution >= 0.6 is 0 Å². The van der Waals surface area contributed by atoms with E-state index in [4.69, 9.17) is 4.74 Å². The fourth-order valence-electron chi connectivity index (χ4n) is 3.84. The Morgan fingerprint density at radius 3 is 2.38 bits per heavy atom. The maximum atomic E-state index is 13.5. The van der Waals surface area contributed by atoms with Crippen molar-refractivity contribution >= 4 is 17.4 Å². The Labute approximate surface area is 187 Å². The SMILES string of the molecule is CCCC(CC)NC(=O)c1cn2nc(C(=O)OCC)cc2c(=O)n1-c1cc(C)cc(C)c1. The monoisotopic (exact) mass is 438 g/mol. The summed E-state index contributed by atoms with van der Waals surface area (Å²) in [6.07, 6.45) is 4.05. The van der Waals surface area contributed by atoms with Crippen LogP contribution < -0.4 is 10.9 Å². The van der Waals surface area contributed by atoms with E-state index in [9.17, 15) is 14.4 Å². The summed E-state index contributed by atoms with van der Waals surface area (Å²) in [5, 5.41) is 7.22. The van der Waals surface area contributed by atoms with Crippen molar-refractivity contribution in [2.24, 2.45) is 0 Å². The molecule has 0 aliphatic rings. The number of amides is 1. The van der Waals surface area contributed by atoms with Gasteiger partial charge in [0.1, 0.15) is 11.2 Å². The van der Waals surface area contributed by atoms with Gasteiger partial charge in [-0.15, -0.1) is 0 Å². The van der Waals surface area contributed by atoms with Gasteiger partial charge >= 0.3 is 5.97 Å². The number of benzene rings is 1. The van der Waals surface area contributed by atoms with Crippen molar-refractivity contribution in [2.45, 2.75) is 59.9 Å². The van der Waals surface area contributed by atoms with E-state index in [1.165, 1.54) is 21.3 Å². The van der Waals surface area contributed by atoms with Gasteiger partial charge in [-0.2, -0.15) is 5.10 Å². The van der Waals surface area contributed by atoms with E-state index < -0.39 is 11.5 Å². The van der Waals surface area contributed by atoms with E-state index in [1.807, 2.05) is 39.0 Å². The van der Waals surface area contributed by atoms with Crippen LogP contribution in [-0.4, -0.2) is 38.7 Å². The molecule has 2 aromatic heterocycles. The molecule has 8 heteroatoms. The Balaban J connectivity index is 2.23. The van der Waals surface area contributed by atoms with Crippen molar-refractivity contribution in [1.82, 2.24) is 19.5 Å². The lowest BCUT2D eigenvalue weighted by atomic mass is 10.1. The summed E-state index contributed by atoms with van der Waals surface area (Å²) in [5.41, 5.74) is 2.44. The number of esters is 1. The van der Waals surface area contributed by atoms with Gasteiger partial charge in [-0.3, -0.25) is 14.2 Å². The molecular formula is C24H30N4O4. The largest absolute Gasteiger partial charge is 0.461 e. The predicted molar refractivity (Wildman–Crippen MR) is 123 cm³/mol. The number of carbonyl (C=O) groups is 2. The van der Waals surface area contributed by atoms with Crippen LogP contribution in [0.4, 0.5) is 0 Å². The maximum absolute atomic E-state index is 13.5. The molecule has 3 aromatic rings. The Morgan fingerprint density at radius 2 is 1.78 bits per heavy atom. The minimum Gasteiger partial charge on any atom is -0.461 e. The molecule has 1 aromatic carbocycles. The Bertz CT molecular complexity index is 1190. The number of rotatable bonds is 8. The van der Waals surface area contributed by atoms with Crippen LogP contribution in [0.15, 0.2) is 35.3 Å². The molecule has 0 bridgehead atoms. The number of carbonyl (C=O) groups excluding carboxylic acids is 2. The smallest absolute Gasteiger partial charge is 0.358 e. The van der Waals surface area contributed by atoms with Gasteiger partial charge in [0, 0.05) is 12.1 Å². The highest BCUT2D eigenvalue weighted by Crippen LogP contribution is 2.17. The standard InChI is InChI=1S/C24H30N4O4/c1-6-9-17(7-2)25-22(29)21-14-27-20(13-19(26-27)24(31)32-8-3)23(30)28(21)18-11-15(4)10-16(5)12-18/h10-14,17H,6-9H2,1-5H3,(H,25,29). The number of hydrogen-bond acceptors (Lipinski definition) is 5. The molecule has 0 saturated carbocycles. The minimum absolute atomic E-state index is 0.00120. The summed E-state index contributed by atoms with van der Waals surface area (Å²) < 4.78 is 7.68. The molecule has 3 rings (SSSR count). The summed E-state index contributed by atoms with van der Waals surface area (Å²) in [4.78, 5) is 39.0. The summed E-state index contributed by atoms with van der Waals surface area (Å²) in [6.45, 7) is 9.84. The second-order valence-corrected chi connectivity index (χ2v) is 7.95. The number of aryl methyl sites for hydroxylation is 2. The van der Waals surface area contributed by atoms with Gasteiger partial charge in [0.25, 0.3) is 11.5 Å². The highest BCUT2D eigenvalue weighted by molar-refractivity contribution is 5.94. The van der Waals surface area contributed by atoms with Crippen LogP contribution in [-0.2, 0) is 4.74 Å². The van der Waals surface area contributed by atoms with Crippen LogP contribution in [0.3, 0.4) is 0 Å². The van der Waals surface area contributed by atoms with Crippen molar-refractivity contribution in [3.63, 3.8) is 0 Å². The van der Waals surface area contributed by atoms with Crippen LogP contribution in [0.2, 0.25) is 0 Å². The van der Waals surface area contributed by atoms with Crippen LogP contribution in [0.1, 0.15) is 72.1 Å². The number of nitrogens with one attached hydrogen (secondary N) is 1. The summed E-state index contributed by atoms with van der Waals surface area (Å²) in [6, 6.07) is 7.10. The van der Waals surface area contributed by atoms with E-state index in [0.717, 1.165) is 30.4 Å². The molecule has 1 N–H and O–H groups in total. The maximum Gasteiger partial charge on any atom is 0.358 e. The first kappa shape index (κ1) is 23.2. The molecule has 2 heterocycles. The van der Waals surface area contributed by atoms with Crippen molar-refractivity contribution in [3.8, 4) is 5.69 Å². The lowest BCUT2D eigenvalue weighted by Crippen LogP contribution is -2.38. The molecule has 1 atom stereocenters. The van der Waals surface area contributed by atoms with E-state index in [0.29, 0.717) is 5.69 Å². The van der Waals surface area contributed by atoms with Crippen molar-refractivity contribution in [2.75, 3.05) is 6.61 Å². The molecule has 0 aliphatic carbocycles. The second kappa shape index (κ2) is 9.80. The zero-order valence-electron chi connectivity index (χ0n) is 19.3. The molecule has 0 radical (unpaired) electrons. The zero-order chi connectivity index (χ0) is 23.4. The van der Waals surface area contributed by atoms with E-state index in [2.05, 4.69) is 17.3 Å². The highest BCUT2D eigenvalue weighted by Gasteiger charge is 2.22. The quantitative estimate of drug-likeness (QED) is 0.543. The minimum atomic E-state index is -0.617. The first-order valence-corrected chi connectivity index (χ1v) is 11.0. The van der Waals surface area contributed by atoms with Gasteiger partial charge in [-0.25, -0.2) is 9.31 Å².